The van der Waals surface area contributed by atoms with Crippen molar-refractivity contribution < 1.29 is 18.4 Å². The van der Waals surface area contributed by atoms with E-state index in [1.54, 1.807) is 20.0 Å². The minimum absolute atomic E-state index is 0.0632. The molecule has 154 valence electrons. The van der Waals surface area contributed by atoms with Crippen LogP contribution in [-0.4, -0.2) is 46.1 Å². The van der Waals surface area contributed by atoms with Gasteiger partial charge in [-0.25, -0.2) is 18.5 Å². The van der Waals surface area contributed by atoms with Gasteiger partial charge in [0.05, 0.1) is 32.1 Å². The Morgan fingerprint density at radius 2 is 1.90 bits per heavy atom. The third-order valence-corrected chi connectivity index (χ3v) is 4.75. The second-order valence-corrected chi connectivity index (χ2v) is 7.10. The minimum atomic E-state index is -2.94. The number of ether oxygens (including phenoxy) is 1. The van der Waals surface area contributed by atoms with Crippen LogP contribution in [0.15, 0.2) is 23.1 Å². The summed E-state index contributed by atoms with van der Waals surface area (Å²) in [5, 5.41) is 6.19. The summed E-state index contributed by atoms with van der Waals surface area (Å²) in [7, 11) is 0. The lowest BCUT2D eigenvalue weighted by Crippen LogP contribution is -2.29. The van der Waals surface area contributed by atoms with Gasteiger partial charge in [0.25, 0.3) is 11.5 Å². The zero-order chi connectivity index (χ0) is 20.8. The van der Waals surface area contributed by atoms with Gasteiger partial charge in [-0.2, -0.15) is 4.98 Å². The Bertz CT molecular complexity index is 1090. The topological polar surface area (TPSA) is 85.3 Å². The zero-order valence-electron chi connectivity index (χ0n) is 16.3. The highest BCUT2D eigenvalue weighted by Crippen LogP contribution is 2.31. The first-order valence-corrected chi connectivity index (χ1v) is 9.22. The van der Waals surface area contributed by atoms with Crippen molar-refractivity contribution in [1.29, 1.82) is 0 Å². The Kier molecular flexibility index (Phi) is 4.83. The lowest BCUT2D eigenvalue weighted by Gasteiger charge is -2.18. The summed E-state index contributed by atoms with van der Waals surface area (Å²) >= 11 is 0. The molecule has 0 bridgehead atoms. The number of benzene rings is 1. The van der Waals surface area contributed by atoms with E-state index in [2.05, 4.69) is 15.1 Å². The van der Waals surface area contributed by atoms with Crippen molar-refractivity contribution in [3.05, 3.63) is 45.4 Å². The molecule has 0 unspecified atom stereocenters. The molecule has 3 heterocycles. The number of aryl methyl sites for hydroxylation is 2. The van der Waals surface area contributed by atoms with Crippen molar-refractivity contribution >= 4 is 17.0 Å². The number of H-pyrrole nitrogens is 1. The average Bonchev–Trinajstić information content (AvgIpc) is 2.87. The quantitative estimate of drug-likeness (QED) is 0.721. The van der Waals surface area contributed by atoms with E-state index < -0.39 is 5.92 Å². The van der Waals surface area contributed by atoms with Crippen LogP contribution >= 0.6 is 0 Å². The number of nitrogens with zero attached hydrogens (tertiary/aromatic N) is 4. The molecule has 1 N–H and O–H groups in total. The van der Waals surface area contributed by atoms with Crippen LogP contribution in [0.4, 0.5) is 14.7 Å². The molecule has 0 radical (unpaired) electrons. The second kappa shape index (κ2) is 7.20. The standard InChI is InChI=1S/C19H21F2N5O3/c1-11-8-13(19(3,20)21)9-12(2)15(11)25-10-14-16(24-25)22-18(23-17(14)27)26-4-5-28-6-7-29-26/h8-10H,4-7H2,1-3H3,(H,22,23,24,27). The number of anilines is 1. The first-order chi connectivity index (χ1) is 13.7. The molecule has 1 saturated heterocycles. The van der Waals surface area contributed by atoms with Gasteiger partial charge in [0.15, 0.2) is 5.65 Å². The van der Waals surface area contributed by atoms with Crippen molar-refractivity contribution in [2.45, 2.75) is 26.7 Å². The molecule has 1 aliphatic heterocycles. The molecule has 10 heteroatoms. The smallest absolute Gasteiger partial charge is 0.270 e. The predicted octanol–water partition coefficient (Wildman–Crippen LogP) is 2.61. The van der Waals surface area contributed by atoms with Crippen molar-refractivity contribution in [2.24, 2.45) is 0 Å². The molecule has 2 aromatic heterocycles. The first kappa shape index (κ1) is 19.5. The summed E-state index contributed by atoms with van der Waals surface area (Å²) in [5.74, 6) is -2.69. The van der Waals surface area contributed by atoms with Crippen LogP contribution < -0.4 is 10.6 Å². The summed E-state index contributed by atoms with van der Waals surface area (Å²) in [6.45, 7) is 6.01. The lowest BCUT2D eigenvalue weighted by molar-refractivity contribution is 0.0173. The number of hydrogen-bond donors (Lipinski definition) is 1. The van der Waals surface area contributed by atoms with E-state index >= 15 is 0 Å². The van der Waals surface area contributed by atoms with Crippen molar-refractivity contribution in [3.63, 3.8) is 0 Å². The number of nitrogens with one attached hydrogen (secondary N) is 1. The third kappa shape index (κ3) is 3.73. The number of aromatic amines is 1. The van der Waals surface area contributed by atoms with E-state index in [0.29, 0.717) is 48.6 Å². The number of hydroxylamine groups is 1. The maximum absolute atomic E-state index is 13.7. The molecule has 4 rings (SSSR count). The fourth-order valence-electron chi connectivity index (χ4n) is 3.40. The third-order valence-electron chi connectivity index (χ3n) is 4.75. The fraction of sp³-hybridized carbons (Fsp3) is 0.421. The molecule has 1 fully saturated rings. The monoisotopic (exact) mass is 405 g/mol. The summed E-state index contributed by atoms with van der Waals surface area (Å²) in [5.41, 5.74) is 1.69. The van der Waals surface area contributed by atoms with Gasteiger partial charge in [-0.15, -0.1) is 5.10 Å². The van der Waals surface area contributed by atoms with E-state index in [1.807, 2.05) is 0 Å². The van der Waals surface area contributed by atoms with Crippen molar-refractivity contribution in [2.75, 3.05) is 31.4 Å². The maximum Gasteiger partial charge on any atom is 0.270 e. The minimum Gasteiger partial charge on any atom is -0.377 e. The van der Waals surface area contributed by atoms with E-state index in [-0.39, 0.29) is 22.7 Å². The number of alkyl halides is 2. The van der Waals surface area contributed by atoms with E-state index in [9.17, 15) is 13.6 Å². The molecule has 3 aromatic rings. The predicted molar refractivity (Wildman–Crippen MR) is 103 cm³/mol. The summed E-state index contributed by atoms with van der Waals surface area (Å²) in [6, 6.07) is 2.87. The molecule has 1 aromatic carbocycles. The van der Waals surface area contributed by atoms with E-state index in [4.69, 9.17) is 9.57 Å². The molecule has 0 spiro atoms. The molecule has 29 heavy (non-hydrogen) atoms. The maximum atomic E-state index is 13.7. The molecule has 0 aliphatic carbocycles. The summed E-state index contributed by atoms with van der Waals surface area (Å²) < 4.78 is 34.3. The van der Waals surface area contributed by atoms with Crippen LogP contribution in [0.3, 0.4) is 0 Å². The van der Waals surface area contributed by atoms with E-state index in [0.717, 1.165) is 6.92 Å². The number of fused-ring (bicyclic) bond motifs is 1. The molecular weight excluding hydrogens is 384 g/mol. The number of halogens is 2. The van der Waals surface area contributed by atoms with Gasteiger partial charge < -0.3 is 4.74 Å². The normalized spacial score (nSPS) is 15.7. The van der Waals surface area contributed by atoms with Crippen LogP contribution in [0, 0.1) is 13.8 Å². The molecule has 0 saturated carbocycles. The van der Waals surface area contributed by atoms with Crippen molar-refractivity contribution in [3.8, 4) is 5.69 Å². The van der Waals surface area contributed by atoms with Crippen LogP contribution in [0.1, 0.15) is 23.6 Å². The molecular formula is C19H21F2N5O3. The van der Waals surface area contributed by atoms with Gasteiger partial charge in [-0.05, 0) is 37.1 Å². The van der Waals surface area contributed by atoms with Gasteiger partial charge in [0.2, 0.25) is 5.95 Å². The zero-order valence-corrected chi connectivity index (χ0v) is 16.3. The second-order valence-electron chi connectivity index (χ2n) is 7.10. The number of hydrogen-bond acceptors (Lipinski definition) is 6. The SMILES string of the molecule is Cc1cc(C(C)(F)F)cc(C)c1-n1cc2c(=O)[nH]c(N3CCOCCO3)nc2n1. The molecule has 0 amide bonds. The van der Waals surface area contributed by atoms with E-state index in [1.165, 1.54) is 21.9 Å². The van der Waals surface area contributed by atoms with Crippen LogP contribution in [0.25, 0.3) is 16.7 Å². The Morgan fingerprint density at radius 1 is 1.17 bits per heavy atom. The Hall–Kier alpha value is -2.85. The van der Waals surface area contributed by atoms with Gasteiger partial charge >= 0.3 is 0 Å². The summed E-state index contributed by atoms with van der Waals surface area (Å²) in [4.78, 5) is 25.2. The Labute approximate surface area is 165 Å². The van der Waals surface area contributed by atoms with Crippen LogP contribution in [0.2, 0.25) is 0 Å². The van der Waals surface area contributed by atoms with Crippen LogP contribution in [0.5, 0.6) is 0 Å². The van der Waals surface area contributed by atoms with Gasteiger partial charge in [0.1, 0.15) is 5.39 Å². The largest absolute Gasteiger partial charge is 0.377 e. The lowest BCUT2D eigenvalue weighted by atomic mass is 10.0. The highest BCUT2D eigenvalue weighted by Gasteiger charge is 2.26. The van der Waals surface area contributed by atoms with Crippen molar-refractivity contribution in [1.82, 2.24) is 19.7 Å². The average molecular weight is 405 g/mol. The molecule has 0 atom stereocenters. The van der Waals surface area contributed by atoms with Gasteiger partial charge in [-0.1, -0.05) is 0 Å². The molecule has 8 nitrogen and oxygen atoms in total. The fourth-order valence-corrected chi connectivity index (χ4v) is 3.40. The Balaban J connectivity index is 1.78. The highest BCUT2D eigenvalue weighted by atomic mass is 19.3. The number of rotatable bonds is 3. The first-order valence-electron chi connectivity index (χ1n) is 9.22. The summed E-state index contributed by atoms with van der Waals surface area (Å²) in [6.07, 6.45) is 1.55. The van der Waals surface area contributed by atoms with Crippen LogP contribution in [-0.2, 0) is 15.5 Å². The Morgan fingerprint density at radius 3 is 2.59 bits per heavy atom. The van der Waals surface area contributed by atoms with Gasteiger partial charge in [0, 0.05) is 18.7 Å². The number of aromatic nitrogens is 4. The molecule has 1 aliphatic rings. The highest BCUT2D eigenvalue weighted by molar-refractivity contribution is 5.75. The van der Waals surface area contributed by atoms with Gasteiger partial charge in [-0.3, -0.25) is 14.6 Å².